The van der Waals surface area contributed by atoms with E-state index in [1.54, 1.807) is 0 Å². The summed E-state index contributed by atoms with van der Waals surface area (Å²) >= 11 is 0. The van der Waals surface area contributed by atoms with Gasteiger partial charge in [0, 0.05) is 12.6 Å². The van der Waals surface area contributed by atoms with Crippen LogP contribution in [0.2, 0.25) is 0 Å². The highest BCUT2D eigenvalue weighted by molar-refractivity contribution is 5.42. The lowest BCUT2D eigenvalue weighted by Gasteiger charge is -2.18. The molecule has 1 aromatic heterocycles. The second kappa shape index (κ2) is 5.98. The fourth-order valence-corrected chi connectivity index (χ4v) is 2.33. The van der Waals surface area contributed by atoms with Crippen molar-refractivity contribution in [3.05, 3.63) is 12.0 Å². The predicted molar refractivity (Wildman–Crippen MR) is 71.2 cm³/mol. The van der Waals surface area contributed by atoms with Crippen LogP contribution in [0.3, 0.4) is 0 Å². The molecule has 2 atom stereocenters. The van der Waals surface area contributed by atoms with Gasteiger partial charge in [-0.3, -0.25) is 0 Å². The largest absolute Gasteiger partial charge is 0.364 e. The molecule has 0 aromatic carbocycles. The Labute approximate surface area is 107 Å². The molecule has 0 saturated heterocycles. The van der Waals surface area contributed by atoms with Crippen LogP contribution in [0.4, 0.5) is 16.2 Å². The monoisotopic (exact) mass is 252 g/mol. The molecule has 1 aliphatic rings. The summed E-state index contributed by atoms with van der Waals surface area (Å²) in [7, 11) is 0. The number of anilines is 2. The Morgan fingerprint density at radius 2 is 2.28 bits per heavy atom. The molecule has 1 aliphatic carbocycles. The van der Waals surface area contributed by atoms with Crippen molar-refractivity contribution in [3.63, 3.8) is 0 Å². The van der Waals surface area contributed by atoms with Gasteiger partial charge in [-0.25, -0.2) is 9.37 Å². The number of nitrogens with zero attached hydrogens (tertiary/aromatic N) is 2. The van der Waals surface area contributed by atoms with E-state index in [9.17, 15) is 4.39 Å². The Balaban J connectivity index is 2.06. The standard InChI is InChI=1S/C13H21FN4/c1-3-7-15-13-16-8-10(14)12(18-13)17-11-6-4-5-9(11)2/h8-9,11H,3-7H2,1-2H3,(H2,15,16,17,18). The molecule has 18 heavy (non-hydrogen) atoms. The van der Waals surface area contributed by atoms with Crippen LogP contribution in [0.25, 0.3) is 0 Å². The first-order valence-electron chi connectivity index (χ1n) is 6.73. The summed E-state index contributed by atoms with van der Waals surface area (Å²) in [4.78, 5) is 8.13. The maximum absolute atomic E-state index is 13.7. The van der Waals surface area contributed by atoms with E-state index in [1.165, 1.54) is 19.0 Å². The molecular weight excluding hydrogens is 231 g/mol. The van der Waals surface area contributed by atoms with Gasteiger partial charge < -0.3 is 10.6 Å². The molecule has 2 N–H and O–H groups in total. The van der Waals surface area contributed by atoms with E-state index in [1.807, 2.05) is 0 Å². The van der Waals surface area contributed by atoms with Crippen molar-refractivity contribution in [1.82, 2.24) is 9.97 Å². The van der Waals surface area contributed by atoms with Crippen LogP contribution in [0, 0.1) is 11.7 Å². The van der Waals surface area contributed by atoms with Crippen molar-refractivity contribution in [2.75, 3.05) is 17.2 Å². The van der Waals surface area contributed by atoms with Crippen molar-refractivity contribution < 1.29 is 4.39 Å². The summed E-state index contributed by atoms with van der Waals surface area (Å²) in [6, 6.07) is 0.327. The molecule has 1 saturated carbocycles. The molecule has 2 rings (SSSR count). The highest BCUT2D eigenvalue weighted by atomic mass is 19.1. The average Bonchev–Trinajstić information content (AvgIpc) is 2.76. The number of nitrogens with one attached hydrogen (secondary N) is 2. The van der Waals surface area contributed by atoms with Gasteiger partial charge in [-0.05, 0) is 25.2 Å². The summed E-state index contributed by atoms with van der Waals surface area (Å²) in [5.74, 6) is 1.01. The van der Waals surface area contributed by atoms with Gasteiger partial charge in [-0.2, -0.15) is 4.98 Å². The van der Waals surface area contributed by atoms with E-state index in [0.717, 1.165) is 19.4 Å². The number of halogens is 1. The van der Waals surface area contributed by atoms with E-state index in [4.69, 9.17) is 0 Å². The molecule has 0 aliphatic heterocycles. The normalized spacial score (nSPS) is 23.1. The lowest BCUT2D eigenvalue weighted by atomic mass is 10.1. The quantitative estimate of drug-likeness (QED) is 0.845. The summed E-state index contributed by atoms with van der Waals surface area (Å²) in [5.41, 5.74) is 0. The second-order valence-electron chi connectivity index (χ2n) is 4.98. The molecule has 5 heteroatoms. The van der Waals surface area contributed by atoms with E-state index in [0.29, 0.717) is 23.7 Å². The van der Waals surface area contributed by atoms with Gasteiger partial charge in [0.2, 0.25) is 5.95 Å². The van der Waals surface area contributed by atoms with E-state index in [-0.39, 0.29) is 5.82 Å². The molecule has 100 valence electrons. The van der Waals surface area contributed by atoms with E-state index >= 15 is 0 Å². The lowest BCUT2D eigenvalue weighted by Crippen LogP contribution is -2.23. The van der Waals surface area contributed by atoms with Crippen molar-refractivity contribution in [2.24, 2.45) is 5.92 Å². The van der Waals surface area contributed by atoms with Crippen LogP contribution in [-0.4, -0.2) is 22.6 Å². The third-order valence-electron chi connectivity index (χ3n) is 3.46. The SMILES string of the molecule is CCCNc1ncc(F)c(NC2CCCC2C)n1. The molecule has 4 nitrogen and oxygen atoms in total. The average molecular weight is 252 g/mol. The zero-order chi connectivity index (χ0) is 13.0. The molecule has 2 unspecified atom stereocenters. The van der Waals surface area contributed by atoms with Gasteiger partial charge in [0.15, 0.2) is 11.6 Å². The summed E-state index contributed by atoms with van der Waals surface area (Å²) < 4.78 is 13.7. The first kappa shape index (κ1) is 13.1. The van der Waals surface area contributed by atoms with E-state index < -0.39 is 0 Å². The fourth-order valence-electron chi connectivity index (χ4n) is 2.33. The Hall–Kier alpha value is -1.39. The van der Waals surface area contributed by atoms with Crippen molar-refractivity contribution >= 4 is 11.8 Å². The summed E-state index contributed by atoms with van der Waals surface area (Å²) in [6.07, 6.45) is 5.70. The van der Waals surface area contributed by atoms with Crippen LogP contribution in [0.5, 0.6) is 0 Å². The van der Waals surface area contributed by atoms with Crippen LogP contribution >= 0.6 is 0 Å². The maximum atomic E-state index is 13.7. The minimum Gasteiger partial charge on any atom is -0.364 e. The number of hydrogen-bond acceptors (Lipinski definition) is 4. The zero-order valence-electron chi connectivity index (χ0n) is 11.0. The van der Waals surface area contributed by atoms with Gasteiger partial charge in [-0.15, -0.1) is 0 Å². The fraction of sp³-hybridized carbons (Fsp3) is 0.692. The molecule has 1 heterocycles. The minimum absolute atomic E-state index is 0.322. The van der Waals surface area contributed by atoms with Gasteiger partial charge in [-0.1, -0.05) is 20.3 Å². The zero-order valence-corrected chi connectivity index (χ0v) is 11.0. The first-order valence-corrected chi connectivity index (χ1v) is 6.73. The highest BCUT2D eigenvalue weighted by Gasteiger charge is 2.24. The Bertz CT molecular complexity index is 397. The smallest absolute Gasteiger partial charge is 0.224 e. The number of aromatic nitrogens is 2. The number of rotatable bonds is 5. The van der Waals surface area contributed by atoms with Gasteiger partial charge >= 0.3 is 0 Å². The number of hydrogen-bond donors (Lipinski definition) is 2. The van der Waals surface area contributed by atoms with Crippen LogP contribution in [0.15, 0.2) is 6.20 Å². The van der Waals surface area contributed by atoms with Crippen LogP contribution < -0.4 is 10.6 Å². The lowest BCUT2D eigenvalue weighted by molar-refractivity contribution is 0.545. The van der Waals surface area contributed by atoms with Crippen LogP contribution in [-0.2, 0) is 0 Å². The third kappa shape index (κ3) is 3.09. The van der Waals surface area contributed by atoms with Crippen molar-refractivity contribution in [3.8, 4) is 0 Å². The Kier molecular flexibility index (Phi) is 4.33. The second-order valence-corrected chi connectivity index (χ2v) is 4.98. The predicted octanol–water partition coefficient (Wildman–Crippen LogP) is 3.04. The molecule has 1 fully saturated rings. The van der Waals surface area contributed by atoms with Crippen molar-refractivity contribution in [1.29, 1.82) is 0 Å². The highest BCUT2D eigenvalue weighted by Crippen LogP contribution is 2.28. The third-order valence-corrected chi connectivity index (χ3v) is 3.46. The minimum atomic E-state index is -0.379. The summed E-state index contributed by atoms with van der Waals surface area (Å²) in [5, 5.41) is 6.28. The first-order chi connectivity index (χ1) is 8.70. The molecule has 0 bridgehead atoms. The van der Waals surface area contributed by atoms with E-state index in [2.05, 4.69) is 34.4 Å². The topological polar surface area (TPSA) is 49.8 Å². The van der Waals surface area contributed by atoms with Gasteiger partial charge in [0.1, 0.15) is 0 Å². The molecule has 0 spiro atoms. The summed E-state index contributed by atoms with van der Waals surface area (Å²) in [6.45, 7) is 5.06. The Morgan fingerprint density at radius 1 is 1.44 bits per heavy atom. The van der Waals surface area contributed by atoms with Crippen molar-refractivity contribution in [2.45, 2.75) is 45.6 Å². The molecule has 1 aromatic rings. The Morgan fingerprint density at radius 3 is 2.94 bits per heavy atom. The maximum Gasteiger partial charge on any atom is 0.224 e. The van der Waals surface area contributed by atoms with Gasteiger partial charge in [0.25, 0.3) is 0 Å². The molecule has 0 amide bonds. The van der Waals surface area contributed by atoms with Crippen LogP contribution in [0.1, 0.15) is 39.5 Å². The molecule has 0 radical (unpaired) electrons. The molecular formula is C13H21FN4. The van der Waals surface area contributed by atoms with Gasteiger partial charge in [0.05, 0.1) is 6.20 Å².